The maximum Gasteiger partial charge on any atom is 0.272 e. The van der Waals surface area contributed by atoms with Crippen LogP contribution >= 0.6 is 0 Å². The molecule has 1 saturated carbocycles. The van der Waals surface area contributed by atoms with E-state index in [9.17, 15) is 4.79 Å². The molecule has 22 heavy (non-hydrogen) atoms. The Kier molecular flexibility index (Phi) is 2.34. The van der Waals surface area contributed by atoms with Crippen LogP contribution < -0.4 is 14.8 Å². The van der Waals surface area contributed by atoms with Crippen molar-refractivity contribution in [3.8, 4) is 11.5 Å². The molecule has 2 aromatic rings. The first-order valence-electron chi connectivity index (χ1n) is 7.53. The number of H-pyrrole nitrogens is 1. The van der Waals surface area contributed by atoms with Crippen LogP contribution in [-0.2, 0) is 13.0 Å². The van der Waals surface area contributed by atoms with Crippen molar-refractivity contribution in [3.63, 3.8) is 0 Å². The maximum atomic E-state index is 12.3. The van der Waals surface area contributed by atoms with Gasteiger partial charge in [0.25, 0.3) is 5.91 Å². The van der Waals surface area contributed by atoms with Crippen molar-refractivity contribution in [2.45, 2.75) is 25.3 Å². The number of nitrogens with one attached hydrogen (secondary N) is 2. The zero-order valence-corrected chi connectivity index (χ0v) is 11.9. The number of hydrogen-bond acceptors (Lipinski definition) is 4. The van der Waals surface area contributed by atoms with E-state index in [-0.39, 0.29) is 12.7 Å². The van der Waals surface area contributed by atoms with E-state index in [1.54, 1.807) is 0 Å². The van der Waals surface area contributed by atoms with E-state index >= 15 is 0 Å². The molecule has 0 spiro atoms. The quantitative estimate of drug-likeness (QED) is 0.904. The number of fused-ring (bicyclic) bond motifs is 4. The molecule has 0 bridgehead atoms. The normalized spacial score (nSPS) is 23.1. The summed E-state index contributed by atoms with van der Waals surface area (Å²) in [5, 5.41) is 10.2. The van der Waals surface area contributed by atoms with Gasteiger partial charge in [0.15, 0.2) is 17.2 Å². The molecule has 1 aliphatic heterocycles. The fourth-order valence-corrected chi connectivity index (χ4v) is 3.49. The number of carbonyl (C=O) groups is 1. The summed E-state index contributed by atoms with van der Waals surface area (Å²) < 4.78 is 10.6. The molecule has 1 aromatic carbocycles. The van der Waals surface area contributed by atoms with Gasteiger partial charge in [-0.05, 0) is 36.5 Å². The highest BCUT2D eigenvalue weighted by Gasteiger charge is 2.48. The lowest BCUT2D eigenvalue weighted by Crippen LogP contribution is -2.24. The van der Waals surface area contributed by atoms with Gasteiger partial charge in [-0.3, -0.25) is 9.89 Å². The largest absolute Gasteiger partial charge is 0.454 e. The second-order valence-corrected chi connectivity index (χ2v) is 6.14. The molecule has 112 valence electrons. The van der Waals surface area contributed by atoms with E-state index in [1.165, 1.54) is 12.1 Å². The highest BCUT2D eigenvalue weighted by atomic mass is 16.7. The maximum absolute atomic E-state index is 12.3. The molecule has 1 fully saturated rings. The van der Waals surface area contributed by atoms with Crippen molar-refractivity contribution in [1.82, 2.24) is 15.5 Å². The Morgan fingerprint density at radius 1 is 1.36 bits per heavy atom. The molecule has 2 aliphatic carbocycles. The van der Waals surface area contributed by atoms with Crippen LogP contribution in [0.3, 0.4) is 0 Å². The lowest BCUT2D eigenvalue weighted by atomic mass is 10.1. The second-order valence-electron chi connectivity index (χ2n) is 6.14. The third-order valence-corrected chi connectivity index (χ3v) is 4.76. The minimum absolute atomic E-state index is 0.114. The summed E-state index contributed by atoms with van der Waals surface area (Å²) in [5.41, 5.74) is 3.83. The van der Waals surface area contributed by atoms with E-state index in [2.05, 4.69) is 15.5 Å². The predicted octanol–water partition coefficient (Wildman–Crippen LogP) is 1.73. The number of hydrogen-bond donors (Lipinski definition) is 2. The summed E-state index contributed by atoms with van der Waals surface area (Å²) in [6, 6.07) is 5.69. The minimum atomic E-state index is -0.114. The van der Waals surface area contributed by atoms with Crippen LogP contribution in [0, 0.1) is 5.92 Å². The molecule has 2 N–H and O–H groups in total. The standard InChI is InChI=1S/C16H15N3O3/c20-16(15-11-5-9-4-10(9)14(11)18-19-15)17-6-8-1-2-12-13(3-8)22-7-21-12/h1-3,9-10H,4-7H2,(H,17,20)(H,18,19). The molecule has 1 amide bonds. The molecule has 6 nitrogen and oxygen atoms in total. The van der Waals surface area contributed by atoms with Crippen LogP contribution in [-0.4, -0.2) is 22.9 Å². The fourth-order valence-electron chi connectivity index (χ4n) is 3.49. The lowest BCUT2D eigenvalue weighted by Gasteiger charge is -2.06. The average Bonchev–Trinajstić information content (AvgIpc) is 2.93. The van der Waals surface area contributed by atoms with Gasteiger partial charge in [0.2, 0.25) is 6.79 Å². The number of rotatable bonds is 3. The van der Waals surface area contributed by atoms with Crippen LogP contribution in [0.4, 0.5) is 0 Å². The Morgan fingerprint density at radius 2 is 2.27 bits per heavy atom. The summed E-state index contributed by atoms with van der Waals surface area (Å²) in [5.74, 6) is 2.73. The zero-order chi connectivity index (χ0) is 14.7. The van der Waals surface area contributed by atoms with Gasteiger partial charge in [-0.25, -0.2) is 0 Å². The van der Waals surface area contributed by atoms with Gasteiger partial charge in [-0.2, -0.15) is 5.10 Å². The molecule has 1 aromatic heterocycles. The van der Waals surface area contributed by atoms with E-state index in [1.807, 2.05) is 18.2 Å². The molecule has 6 heteroatoms. The van der Waals surface area contributed by atoms with E-state index < -0.39 is 0 Å². The van der Waals surface area contributed by atoms with E-state index in [0.29, 0.717) is 18.2 Å². The third kappa shape index (κ3) is 1.73. The lowest BCUT2D eigenvalue weighted by molar-refractivity contribution is 0.0945. The Hall–Kier alpha value is -2.50. The van der Waals surface area contributed by atoms with Gasteiger partial charge in [-0.1, -0.05) is 6.07 Å². The van der Waals surface area contributed by atoms with Crippen LogP contribution in [0.5, 0.6) is 11.5 Å². The molecule has 2 heterocycles. The van der Waals surface area contributed by atoms with Gasteiger partial charge in [0.05, 0.1) is 0 Å². The Balaban J connectivity index is 1.30. The van der Waals surface area contributed by atoms with Crippen molar-refractivity contribution in [3.05, 3.63) is 40.7 Å². The first-order chi connectivity index (χ1) is 10.8. The van der Waals surface area contributed by atoms with Crippen LogP contribution in [0.1, 0.15) is 39.6 Å². The third-order valence-electron chi connectivity index (χ3n) is 4.76. The van der Waals surface area contributed by atoms with Crippen LogP contribution in [0.2, 0.25) is 0 Å². The van der Waals surface area contributed by atoms with Crippen molar-refractivity contribution in [2.24, 2.45) is 5.92 Å². The van der Waals surface area contributed by atoms with Gasteiger partial charge in [-0.15, -0.1) is 0 Å². The number of benzene rings is 1. The first-order valence-corrected chi connectivity index (χ1v) is 7.53. The molecule has 2 atom stereocenters. The predicted molar refractivity (Wildman–Crippen MR) is 76.9 cm³/mol. The average molecular weight is 297 g/mol. The van der Waals surface area contributed by atoms with Gasteiger partial charge < -0.3 is 14.8 Å². The van der Waals surface area contributed by atoms with Crippen LogP contribution in [0.25, 0.3) is 0 Å². The summed E-state index contributed by atoms with van der Waals surface area (Å²) in [6.07, 6.45) is 2.23. The van der Waals surface area contributed by atoms with Gasteiger partial charge in [0, 0.05) is 23.7 Å². The Bertz CT molecular complexity index is 783. The fraction of sp³-hybridized carbons (Fsp3) is 0.375. The van der Waals surface area contributed by atoms with Crippen molar-refractivity contribution < 1.29 is 14.3 Å². The molecular formula is C16H15N3O3. The number of ether oxygens (including phenoxy) is 2. The highest BCUT2D eigenvalue weighted by Crippen LogP contribution is 2.55. The second kappa shape index (κ2) is 4.25. The zero-order valence-electron chi connectivity index (χ0n) is 11.9. The highest BCUT2D eigenvalue weighted by molar-refractivity contribution is 5.94. The van der Waals surface area contributed by atoms with Gasteiger partial charge >= 0.3 is 0 Å². The summed E-state index contributed by atoms with van der Waals surface area (Å²) in [7, 11) is 0. The summed E-state index contributed by atoms with van der Waals surface area (Å²) in [4.78, 5) is 12.3. The molecular weight excluding hydrogens is 282 g/mol. The number of amides is 1. The van der Waals surface area contributed by atoms with Crippen molar-refractivity contribution in [2.75, 3.05) is 6.79 Å². The summed E-state index contributed by atoms with van der Waals surface area (Å²) >= 11 is 0. The first kappa shape index (κ1) is 12.1. The van der Waals surface area contributed by atoms with Gasteiger partial charge in [0.1, 0.15) is 0 Å². The summed E-state index contributed by atoms with van der Waals surface area (Å²) in [6.45, 7) is 0.705. The van der Waals surface area contributed by atoms with E-state index in [4.69, 9.17) is 9.47 Å². The van der Waals surface area contributed by atoms with Crippen molar-refractivity contribution >= 4 is 5.91 Å². The number of aromatic nitrogens is 2. The monoisotopic (exact) mass is 297 g/mol. The molecule has 2 unspecified atom stereocenters. The number of aromatic amines is 1. The number of nitrogens with zero attached hydrogens (tertiary/aromatic N) is 1. The molecule has 0 saturated heterocycles. The molecule has 0 radical (unpaired) electrons. The Labute approximate surface area is 126 Å². The molecule has 3 aliphatic rings. The van der Waals surface area contributed by atoms with E-state index in [0.717, 1.165) is 35.0 Å². The molecule has 5 rings (SSSR count). The smallest absolute Gasteiger partial charge is 0.272 e. The number of carbonyl (C=O) groups excluding carboxylic acids is 1. The topological polar surface area (TPSA) is 76.2 Å². The minimum Gasteiger partial charge on any atom is -0.454 e. The Morgan fingerprint density at radius 3 is 3.23 bits per heavy atom. The SMILES string of the molecule is O=C(NCc1ccc2c(c1)OCO2)c1n[nH]c2c1CC1CC21. The van der Waals surface area contributed by atoms with Crippen molar-refractivity contribution in [1.29, 1.82) is 0 Å². The van der Waals surface area contributed by atoms with Crippen LogP contribution in [0.15, 0.2) is 18.2 Å².